The first-order chi connectivity index (χ1) is 23.8. The molecular weight excluding hydrogens is 581 g/mol. The molecule has 8 aliphatic carbocycles. The number of hydrogen-bond donors (Lipinski definition) is 0. The molecule has 2 aliphatic heterocycles. The van der Waals surface area contributed by atoms with Gasteiger partial charge in [0, 0.05) is 36.3 Å². The molecule has 8 saturated carbocycles. The van der Waals surface area contributed by atoms with Crippen molar-refractivity contribution in [1.82, 2.24) is 9.80 Å². The topological polar surface area (TPSA) is 6.48 Å². The van der Waals surface area contributed by atoms with E-state index in [2.05, 4.69) is 9.80 Å². The first-order valence-corrected chi connectivity index (χ1v) is 23.4. The molecule has 2 nitrogen and oxygen atoms in total. The molecule has 12 atom stereocenters. The summed E-state index contributed by atoms with van der Waals surface area (Å²) in [5.41, 5.74) is 0. The van der Waals surface area contributed by atoms with Crippen LogP contribution in [0, 0.1) is 59.2 Å². The molecule has 0 N–H and O–H groups in total. The van der Waals surface area contributed by atoms with Gasteiger partial charge in [0.25, 0.3) is 0 Å². The van der Waals surface area contributed by atoms with Crippen LogP contribution in [-0.2, 0) is 0 Å². The molecule has 0 spiro atoms. The van der Waals surface area contributed by atoms with Crippen molar-refractivity contribution < 1.29 is 0 Å². The standard InChI is InChI=1S/C46H76N2/c1-3-11-31(12-4-1)36-23-26-42-40(30-36)46-44(28-27-43-45(46)39-17-9-10-18-41(39)47(43)37-15-5-2-6-16-37)48(42)38-24-21-33(22-25-38)35-20-19-32-13-7-8-14-34(32)29-35/h31-46H,1-30H2. The van der Waals surface area contributed by atoms with Crippen molar-refractivity contribution in [1.29, 1.82) is 0 Å². The molecule has 12 unspecified atom stereocenters. The lowest BCUT2D eigenvalue weighted by Gasteiger charge is -2.48. The highest BCUT2D eigenvalue weighted by Gasteiger charge is 2.64. The number of likely N-dealkylation sites (tertiary alicyclic amines) is 2. The smallest absolute Gasteiger partial charge is 0.0137 e. The zero-order valence-corrected chi connectivity index (χ0v) is 31.3. The fraction of sp³-hybridized carbons (Fsp3) is 1.00. The molecule has 0 bridgehead atoms. The van der Waals surface area contributed by atoms with E-state index in [4.69, 9.17) is 0 Å². The van der Waals surface area contributed by atoms with E-state index in [9.17, 15) is 0 Å². The lowest BCUT2D eigenvalue weighted by molar-refractivity contribution is 0.00974. The summed E-state index contributed by atoms with van der Waals surface area (Å²) in [4.78, 5) is 6.77. The first kappa shape index (κ1) is 32.6. The molecule has 2 heteroatoms. The lowest BCUT2D eigenvalue weighted by atomic mass is 9.59. The molecule has 270 valence electrons. The van der Waals surface area contributed by atoms with Crippen LogP contribution in [0.25, 0.3) is 0 Å². The van der Waals surface area contributed by atoms with Gasteiger partial charge in [-0.15, -0.1) is 0 Å². The molecule has 0 aromatic heterocycles. The van der Waals surface area contributed by atoms with Crippen molar-refractivity contribution in [3.05, 3.63) is 0 Å². The third-order valence-corrected chi connectivity index (χ3v) is 19.0. The minimum atomic E-state index is 0.940. The highest BCUT2D eigenvalue weighted by atomic mass is 15.3. The van der Waals surface area contributed by atoms with E-state index in [1.54, 1.807) is 148 Å². The van der Waals surface area contributed by atoms with Crippen LogP contribution in [0.3, 0.4) is 0 Å². The van der Waals surface area contributed by atoms with Crippen LogP contribution in [0.4, 0.5) is 0 Å². The Bertz CT molecular complexity index is 1070. The summed E-state index contributed by atoms with van der Waals surface area (Å²) in [7, 11) is 0. The van der Waals surface area contributed by atoms with Crippen LogP contribution in [0.1, 0.15) is 193 Å². The van der Waals surface area contributed by atoms with E-state index in [1.165, 1.54) is 44.9 Å². The molecule has 10 fully saturated rings. The van der Waals surface area contributed by atoms with E-state index in [-0.39, 0.29) is 0 Å². The minimum absolute atomic E-state index is 0.940. The SMILES string of the molecule is C1CCC(C2CCC3C(C2)C2C4C5CCCCC5N(C5CCCCC5)C4CCC2N3C2CCC(C3CCC4CCCCC4C3)CC2)CC1. The monoisotopic (exact) mass is 657 g/mol. The molecule has 0 radical (unpaired) electrons. The van der Waals surface area contributed by atoms with Crippen LogP contribution < -0.4 is 0 Å². The highest BCUT2D eigenvalue weighted by Crippen LogP contribution is 2.62. The fourth-order valence-electron chi connectivity index (χ4n) is 17.2. The molecule has 0 amide bonds. The van der Waals surface area contributed by atoms with Gasteiger partial charge in [-0.25, -0.2) is 0 Å². The van der Waals surface area contributed by atoms with E-state index < -0.39 is 0 Å². The van der Waals surface area contributed by atoms with E-state index in [0.29, 0.717) is 0 Å². The van der Waals surface area contributed by atoms with Gasteiger partial charge in [0.05, 0.1) is 0 Å². The maximum Gasteiger partial charge on any atom is 0.0137 e. The Balaban J connectivity index is 0.905. The van der Waals surface area contributed by atoms with Gasteiger partial charge in [-0.3, -0.25) is 9.80 Å². The number of rotatable bonds is 4. The third kappa shape index (κ3) is 5.75. The average Bonchev–Trinajstić information content (AvgIpc) is 3.68. The fourth-order valence-corrected chi connectivity index (χ4v) is 17.2. The van der Waals surface area contributed by atoms with E-state index in [1.807, 2.05) is 0 Å². The predicted molar refractivity (Wildman–Crippen MR) is 200 cm³/mol. The van der Waals surface area contributed by atoms with Crippen molar-refractivity contribution in [3.8, 4) is 0 Å². The summed E-state index contributed by atoms with van der Waals surface area (Å²) in [6, 6.07) is 5.74. The second kappa shape index (κ2) is 14.0. The molecule has 0 aromatic carbocycles. The second-order valence-electron chi connectivity index (χ2n) is 20.7. The lowest BCUT2D eigenvalue weighted by Crippen LogP contribution is -2.53. The molecular formula is C46H76N2. The number of fused-ring (bicyclic) bond motifs is 8. The summed E-state index contributed by atoms with van der Waals surface area (Å²) < 4.78 is 0. The molecule has 2 heterocycles. The largest absolute Gasteiger partial charge is 0.294 e. The van der Waals surface area contributed by atoms with Gasteiger partial charge in [0.2, 0.25) is 0 Å². The Morgan fingerprint density at radius 1 is 0.250 bits per heavy atom. The maximum atomic E-state index is 3.43. The van der Waals surface area contributed by atoms with Gasteiger partial charge in [0.15, 0.2) is 0 Å². The third-order valence-electron chi connectivity index (χ3n) is 19.0. The van der Waals surface area contributed by atoms with Crippen molar-refractivity contribution in [3.63, 3.8) is 0 Å². The van der Waals surface area contributed by atoms with Crippen LogP contribution in [0.5, 0.6) is 0 Å². The highest BCUT2D eigenvalue weighted by molar-refractivity contribution is 5.16. The predicted octanol–water partition coefficient (Wildman–Crippen LogP) is 11.8. The zero-order valence-electron chi connectivity index (χ0n) is 31.3. The van der Waals surface area contributed by atoms with Crippen molar-refractivity contribution in [2.75, 3.05) is 0 Å². The Kier molecular flexibility index (Phi) is 9.53. The number of nitrogens with zero attached hydrogens (tertiary/aromatic N) is 2. The van der Waals surface area contributed by atoms with Gasteiger partial charge >= 0.3 is 0 Å². The Morgan fingerprint density at radius 2 is 0.667 bits per heavy atom. The molecule has 10 rings (SSSR count). The van der Waals surface area contributed by atoms with Crippen LogP contribution in [0.15, 0.2) is 0 Å². The minimum Gasteiger partial charge on any atom is -0.294 e. The first-order valence-electron chi connectivity index (χ1n) is 23.4. The molecule has 48 heavy (non-hydrogen) atoms. The van der Waals surface area contributed by atoms with Crippen LogP contribution >= 0.6 is 0 Å². The normalized spacial score (nSPS) is 51.0. The van der Waals surface area contributed by atoms with Crippen LogP contribution in [0.2, 0.25) is 0 Å². The maximum absolute atomic E-state index is 3.43. The summed E-state index contributed by atoms with van der Waals surface area (Å²) in [5.74, 6) is 10.8. The summed E-state index contributed by atoms with van der Waals surface area (Å²) in [6.45, 7) is 0. The van der Waals surface area contributed by atoms with Crippen molar-refractivity contribution in [2.45, 2.75) is 229 Å². The van der Waals surface area contributed by atoms with Gasteiger partial charge in [-0.05, 0) is 162 Å². The Labute approximate surface area is 297 Å². The quantitative estimate of drug-likeness (QED) is 0.297. The van der Waals surface area contributed by atoms with Gasteiger partial charge in [-0.2, -0.15) is 0 Å². The summed E-state index contributed by atoms with van der Waals surface area (Å²) in [6.07, 6.45) is 47.0. The van der Waals surface area contributed by atoms with Gasteiger partial charge < -0.3 is 0 Å². The summed E-state index contributed by atoms with van der Waals surface area (Å²) in [5, 5.41) is 0. The van der Waals surface area contributed by atoms with Crippen LogP contribution in [-0.4, -0.2) is 46.1 Å². The van der Waals surface area contributed by atoms with E-state index in [0.717, 1.165) is 95.4 Å². The van der Waals surface area contributed by atoms with E-state index >= 15 is 0 Å². The van der Waals surface area contributed by atoms with Crippen molar-refractivity contribution in [2.24, 2.45) is 59.2 Å². The van der Waals surface area contributed by atoms with Crippen molar-refractivity contribution >= 4 is 0 Å². The molecule has 0 aromatic rings. The molecule has 10 aliphatic rings. The molecule has 2 saturated heterocycles. The zero-order chi connectivity index (χ0) is 31.6. The second-order valence-corrected chi connectivity index (χ2v) is 20.7. The number of hydrogen-bond acceptors (Lipinski definition) is 2. The Hall–Kier alpha value is -0.0800. The Morgan fingerprint density at radius 3 is 1.42 bits per heavy atom. The summed E-state index contributed by atoms with van der Waals surface area (Å²) >= 11 is 0. The van der Waals surface area contributed by atoms with Gasteiger partial charge in [0.1, 0.15) is 0 Å². The average molecular weight is 657 g/mol. The van der Waals surface area contributed by atoms with Gasteiger partial charge in [-0.1, -0.05) is 89.9 Å².